The fraction of sp³-hybridized carbons (Fsp3) is 0.333. The lowest BCUT2D eigenvalue weighted by atomic mass is 10.2. The van der Waals surface area contributed by atoms with Crippen molar-refractivity contribution in [2.75, 3.05) is 18.1 Å². The molecular weight excluding hydrogens is 276 g/mol. The van der Waals surface area contributed by atoms with E-state index in [1.807, 2.05) is 17.8 Å². The van der Waals surface area contributed by atoms with Gasteiger partial charge in [0.25, 0.3) is 0 Å². The van der Waals surface area contributed by atoms with E-state index < -0.39 is 0 Å². The summed E-state index contributed by atoms with van der Waals surface area (Å²) < 4.78 is 2.32. The van der Waals surface area contributed by atoms with Crippen LogP contribution in [0.15, 0.2) is 49.1 Å². The van der Waals surface area contributed by atoms with Crippen LogP contribution in [-0.2, 0) is 6.54 Å². The monoisotopic (exact) mass is 300 g/mol. The minimum absolute atomic E-state index is 0.932. The number of aromatic nitrogens is 1. The molecule has 0 atom stereocenters. The van der Waals surface area contributed by atoms with Crippen molar-refractivity contribution in [2.45, 2.75) is 20.4 Å². The van der Waals surface area contributed by atoms with E-state index in [-0.39, 0.29) is 0 Å². The minimum Gasteiger partial charge on any atom is -0.318 e. The molecule has 1 aromatic carbocycles. The summed E-state index contributed by atoms with van der Waals surface area (Å²) in [7, 11) is 0. The third-order valence-corrected chi connectivity index (χ3v) is 4.49. The number of thioether (sulfide) groups is 1. The highest BCUT2D eigenvalue weighted by Crippen LogP contribution is 2.20. The van der Waals surface area contributed by atoms with Crippen LogP contribution in [-0.4, -0.2) is 22.6 Å². The molecule has 0 unspecified atom stereocenters. The van der Waals surface area contributed by atoms with Crippen LogP contribution in [0.2, 0.25) is 0 Å². The van der Waals surface area contributed by atoms with Crippen LogP contribution in [0.1, 0.15) is 17.0 Å². The van der Waals surface area contributed by atoms with Crippen LogP contribution in [0.25, 0.3) is 5.69 Å². The molecule has 2 rings (SSSR count). The molecule has 1 aromatic heterocycles. The molecule has 0 aliphatic rings. The minimum atomic E-state index is 0.932. The van der Waals surface area contributed by atoms with Gasteiger partial charge in [-0.1, -0.05) is 24.3 Å². The van der Waals surface area contributed by atoms with Gasteiger partial charge in [-0.25, -0.2) is 0 Å². The van der Waals surface area contributed by atoms with Gasteiger partial charge in [-0.15, -0.1) is 6.58 Å². The Labute approximate surface area is 132 Å². The normalized spacial score (nSPS) is 10.8. The molecule has 0 saturated carbocycles. The van der Waals surface area contributed by atoms with Gasteiger partial charge in [-0.05, 0) is 37.6 Å². The molecule has 0 spiro atoms. The van der Waals surface area contributed by atoms with Crippen molar-refractivity contribution in [3.05, 3.63) is 66.0 Å². The van der Waals surface area contributed by atoms with Gasteiger partial charge >= 0.3 is 0 Å². The van der Waals surface area contributed by atoms with Gasteiger partial charge in [0.15, 0.2) is 0 Å². The molecule has 1 N–H and O–H groups in total. The first-order valence-electron chi connectivity index (χ1n) is 7.36. The number of nitrogens with zero attached hydrogens (tertiary/aromatic N) is 1. The molecule has 2 nitrogen and oxygen atoms in total. The first-order chi connectivity index (χ1) is 10.2. The lowest BCUT2D eigenvalue weighted by molar-refractivity contribution is 0.727. The number of hydrogen-bond donors (Lipinski definition) is 1. The summed E-state index contributed by atoms with van der Waals surface area (Å²) in [4.78, 5) is 0. The third-order valence-electron chi connectivity index (χ3n) is 3.52. The maximum atomic E-state index is 3.73. The van der Waals surface area contributed by atoms with Crippen molar-refractivity contribution in [2.24, 2.45) is 0 Å². The fourth-order valence-corrected chi connectivity index (χ4v) is 3.14. The average Bonchev–Trinajstić information content (AvgIpc) is 2.78. The van der Waals surface area contributed by atoms with Crippen molar-refractivity contribution in [1.29, 1.82) is 0 Å². The summed E-state index contributed by atoms with van der Waals surface area (Å²) in [6.45, 7) is 10.1. The Bertz CT molecular complexity index is 572. The molecule has 21 heavy (non-hydrogen) atoms. The number of rotatable bonds is 8. The van der Waals surface area contributed by atoms with Crippen LogP contribution in [0, 0.1) is 13.8 Å². The highest BCUT2D eigenvalue weighted by atomic mass is 32.2. The van der Waals surface area contributed by atoms with Crippen LogP contribution in [0.4, 0.5) is 0 Å². The van der Waals surface area contributed by atoms with Gasteiger partial charge in [0.1, 0.15) is 0 Å². The summed E-state index contributed by atoms with van der Waals surface area (Å²) >= 11 is 1.91. The lowest BCUT2D eigenvalue weighted by Crippen LogP contribution is -2.17. The second kappa shape index (κ2) is 8.11. The molecule has 3 heteroatoms. The van der Waals surface area contributed by atoms with E-state index in [2.05, 4.69) is 66.7 Å². The van der Waals surface area contributed by atoms with Crippen LogP contribution in [0.5, 0.6) is 0 Å². The molecule has 112 valence electrons. The van der Waals surface area contributed by atoms with E-state index in [0.29, 0.717) is 0 Å². The molecule has 0 aliphatic carbocycles. The maximum Gasteiger partial charge on any atom is 0.0455 e. The topological polar surface area (TPSA) is 17.0 Å². The summed E-state index contributed by atoms with van der Waals surface area (Å²) in [5, 5.41) is 3.52. The smallest absolute Gasteiger partial charge is 0.0455 e. The van der Waals surface area contributed by atoms with E-state index in [1.165, 1.54) is 22.6 Å². The van der Waals surface area contributed by atoms with Crippen molar-refractivity contribution in [3.8, 4) is 5.69 Å². The van der Waals surface area contributed by atoms with E-state index in [9.17, 15) is 0 Å². The third kappa shape index (κ3) is 4.26. The molecule has 0 bridgehead atoms. The predicted octanol–water partition coefficient (Wildman–Crippen LogP) is 4.10. The van der Waals surface area contributed by atoms with Gasteiger partial charge in [-0.3, -0.25) is 0 Å². The Balaban J connectivity index is 1.98. The fourth-order valence-electron chi connectivity index (χ4n) is 2.52. The Morgan fingerprint density at radius 3 is 2.71 bits per heavy atom. The van der Waals surface area contributed by atoms with Crippen molar-refractivity contribution in [3.63, 3.8) is 0 Å². The second-order valence-electron chi connectivity index (χ2n) is 5.11. The first kappa shape index (κ1) is 15.9. The largest absolute Gasteiger partial charge is 0.318 e. The SMILES string of the molecule is C=CCSCCNCc1cc(C)n(-c2ccccc2)c1C. The predicted molar refractivity (Wildman–Crippen MR) is 94.5 cm³/mol. The zero-order chi connectivity index (χ0) is 15.1. The number of aryl methyl sites for hydroxylation is 1. The second-order valence-corrected chi connectivity index (χ2v) is 6.26. The molecule has 0 radical (unpaired) electrons. The molecule has 2 aromatic rings. The first-order valence-corrected chi connectivity index (χ1v) is 8.52. The summed E-state index contributed by atoms with van der Waals surface area (Å²) in [5.41, 5.74) is 5.23. The Hall–Kier alpha value is -1.45. The maximum absolute atomic E-state index is 3.73. The number of benzene rings is 1. The van der Waals surface area contributed by atoms with Crippen molar-refractivity contribution >= 4 is 11.8 Å². The van der Waals surface area contributed by atoms with E-state index in [1.54, 1.807) is 0 Å². The quantitative estimate of drug-likeness (QED) is 0.584. The van der Waals surface area contributed by atoms with Gasteiger partial charge < -0.3 is 9.88 Å². The molecule has 1 heterocycles. The zero-order valence-electron chi connectivity index (χ0n) is 12.9. The molecular formula is C18H24N2S. The Morgan fingerprint density at radius 1 is 1.24 bits per heavy atom. The number of nitrogens with one attached hydrogen (secondary N) is 1. The molecule has 0 saturated heterocycles. The van der Waals surface area contributed by atoms with E-state index in [0.717, 1.165) is 24.6 Å². The summed E-state index contributed by atoms with van der Waals surface area (Å²) in [5.74, 6) is 2.16. The Morgan fingerprint density at radius 2 is 2.00 bits per heavy atom. The van der Waals surface area contributed by atoms with Gasteiger partial charge in [0.2, 0.25) is 0 Å². The summed E-state index contributed by atoms with van der Waals surface area (Å²) in [6, 6.07) is 12.8. The summed E-state index contributed by atoms with van der Waals surface area (Å²) in [6.07, 6.45) is 1.96. The number of para-hydroxylation sites is 1. The van der Waals surface area contributed by atoms with Crippen LogP contribution in [0.3, 0.4) is 0 Å². The highest BCUT2D eigenvalue weighted by molar-refractivity contribution is 7.99. The van der Waals surface area contributed by atoms with E-state index >= 15 is 0 Å². The van der Waals surface area contributed by atoms with Gasteiger partial charge in [0.05, 0.1) is 0 Å². The molecule has 0 amide bonds. The van der Waals surface area contributed by atoms with Gasteiger partial charge in [0, 0.05) is 41.7 Å². The highest BCUT2D eigenvalue weighted by Gasteiger charge is 2.09. The molecule has 0 aliphatic heterocycles. The van der Waals surface area contributed by atoms with E-state index in [4.69, 9.17) is 0 Å². The van der Waals surface area contributed by atoms with Crippen LogP contribution < -0.4 is 5.32 Å². The van der Waals surface area contributed by atoms with Crippen molar-refractivity contribution < 1.29 is 0 Å². The lowest BCUT2D eigenvalue weighted by Gasteiger charge is -2.10. The zero-order valence-corrected chi connectivity index (χ0v) is 13.7. The standard InChI is InChI=1S/C18H24N2S/c1-4-11-21-12-10-19-14-17-13-15(2)20(16(17)3)18-8-6-5-7-9-18/h4-9,13,19H,1,10-12,14H2,2-3H3. The molecule has 0 fully saturated rings. The van der Waals surface area contributed by atoms with Gasteiger partial charge in [-0.2, -0.15) is 11.8 Å². The average molecular weight is 300 g/mol. The van der Waals surface area contributed by atoms with Crippen molar-refractivity contribution in [1.82, 2.24) is 9.88 Å². The number of hydrogen-bond acceptors (Lipinski definition) is 2. The van der Waals surface area contributed by atoms with Crippen LogP contribution >= 0.6 is 11.8 Å². The Kier molecular flexibility index (Phi) is 6.15.